The fourth-order valence-electron chi connectivity index (χ4n) is 3.71. The summed E-state index contributed by atoms with van der Waals surface area (Å²) in [5.41, 5.74) is 3.57. The van der Waals surface area contributed by atoms with Crippen LogP contribution < -0.4 is 10.3 Å². The van der Waals surface area contributed by atoms with Gasteiger partial charge in [-0.1, -0.05) is 41.6 Å². The summed E-state index contributed by atoms with van der Waals surface area (Å²) in [5.74, 6) is 2.10. The number of hydrogen-bond acceptors (Lipinski definition) is 6. The van der Waals surface area contributed by atoms with Gasteiger partial charge in [0.2, 0.25) is 0 Å². The molecule has 0 saturated carbocycles. The molecule has 0 fully saturated rings. The second-order valence-corrected chi connectivity index (χ2v) is 9.24. The van der Waals surface area contributed by atoms with Crippen LogP contribution in [0.5, 0.6) is 5.75 Å². The Balaban J connectivity index is 1.56. The average Bonchev–Trinajstić information content (AvgIpc) is 3.28. The van der Waals surface area contributed by atoms with Crippen LogP contribution >= 0.6 is 11.8 Å². The summed E-state index contributed by atoms with van der Waals surface area (Å²) < 4.78 is 7.33. The van der Waals surface area contributed by atoms with Crippen LogP contribution in [0.4, 0.5) is 0 Å². The summed E-state index contributed by atoms with van der Waals surface area (Å²) in [6.07, 6.45) is 0. The first-order valence-corrected chi connectivity index (χ1v) is 11.7. The van der Waals surface area contributed by atoms with E-state index in [-0.39, 0.29) is 10.8 Å². The maximum Gasteiger partial charge on any atom is 0.258 e. The number of methoxy groups -OCH3 is 1. The highest BCUT2D eigenvalue weighted by molar-refractivity contribution is 7.99. The molecule has 0 amide bonds. The number of benzene rings is 3. The summed E-state index contributed by atoms with van der Waals surface area (Å²) >= 11 is 1.49. The van der Waals surface area contributed by atoms with Crippen molar-refractivity contribution in [1.29, 1.82) is 0 Å². The zero-order valence-electron chi connectivity index (χ0n) is 19.0. The minimum absolute atomic E-state index is 0.146. The van der Waals surface area contributed by atoms with Gasteiger partial charge in [0.25, 0.3) is 5.56 Å². The normalized spacial score (nSPS) is 12.1. The van der Waals surface area contributed by atoms with Crippen molar-refractivity contribution in [2.45, 2.75) is 24.3 Å². The first-order chi connectivity index (χ1) is 16.5. The van der Waals surface area contributed by atoms with Gasteiger partial charge in [-0.05, 0) is 62.4 Å². The van der Waals surface area contributed by atoms with Crippen LogP contribution in [0.1, 0.15) is 23.6 Å². The van der Waals surface area contributed by atoms with E-state index in [9.17, 15) is 4.79 Å². The fraction of sp³-hybridized carbons (Fsp3) is 0.154. The van der Waals surface area contributed by atoms with E-state index in [0.29, 0.717) is 21.9 Å². The molecule has 0 aliphatic heterocycles. The van der Waals surface area contributed by atoms with Crippen molar-refractivity contribution in [3.8, 4) is 22.8 Å². The van der Waals surface area contributed by atoms with Crippen molar-refractivity contribution in [1.82, 2.24) is 24.7 Å². The highest BCUT2D eigenvalue weighted by Crippen LogP contribution is 2.36. The molecule has 0 bridgehead atoms. The number of H-pyrrole nitrogens is 1. The van der Waals surface area contributed by atoms with Crippen molar-refractivity contribution >= 4 is 22.7 Å². The molecule has 2 aromatic heterocycles. The topological polar surface area (TPSA) is 85.7 Å². The number of thioether (sulfide) groups is 1. The number of para-hydroxylation sites is 1. The minimum atomic E-state index is -0.158. The highest BCUT2D eigenvalue weighted by atomic mass is 32.2. The van der Waals surface area contributed by atoms with Crippen LogP contribution in [0.3, 0.4) is 0 Å². The molecule has 3 aromatic carbocycles. The van der Waals surface area contributed by atoms with E-state index in [1.54, 1.807) is 13.2 Å². The Kier molecular flexibility index (Phi) is 5.90. The molecule has 5 aromatic rings. The zero-order valence-corrected chi connectivity index (χ0v) is 19.8. The predicted octanol–water partition coefficient (Wildman–Crippen LogP) is 5.34. The lowest BCUT2D eigenvalue weighted by Gasteiger charge is -2.14. The quantitative estimate of drug-likeness (QED) is 0.338. The Morgan fingerprint density at radius 2 is 1.71 bits per heavy atom. The fourth-order valence-corrected chi connectivity index (χ4v) is 4.64. The van der Waals surface area contributed by atoms with Gasteiger partial charge in [-0.15, -0.1) is 10.2 Å². The van der Waals surface area contributed by atoms with E-state index in [4.69, 9.17) is 4.74 Å². The van der Waals surface area contributed by atoms with E-state index in [1.807, 2.05) is 54.0 Å². The third kappa shape index (κ3) is 4.20. The minimum Gasteiger partial charge on any atom is -0.497 e. The molecule has 1 N–H and O–H groups in total. The van der Waals surface area contributed by atoms with Gasteiger partial charge in [-0.3, -0.25) is 9.36 Å². The summed E-state index contributed by atoms with van der Waals surface area (Å²) in [5, 5.41) is 10.1. The molecule has 2 heterocycles. The number of nitrogens with zero attached hydrogens (tertiary/aromatic N) is 4. The molecule has 8 heteroatoms. The van der Waals surface area contributed by atoms with Crippen molar-refractivity contribution < 1.29 is 4.74 Å². The molecule has 0 aliphatic rings. The molecule has 1 atom stereocenters. The predicted molar refractivity (Wildman–Crippen MR) is 135 cm³/mol. The molecule has 0 spiro atoms. The number of aromatic amines is 1. The first-order valence-electron chi connectivity index (χ1n) is 10.9. The van der Waals surface area contributed by atoms with Gasteiger partial charge in [-0.25, -0.2) is 4.98 Å². The Morgan fingerprint density at radius 3 is 2.44 bits per heavy atom. The van der Waals surface area contributed by atoms with Gasteiger partial charge < -0.3 is 9.72 Å². The average molecular weight is 470 g/mol. The summed E-state index contributed by atoms with van der Waals surface area (Å²) in [6.45, 7) is 4.05. The molecule has 0 radical (unpaired) electrons. The Hall–Kier alpha value is -3.91. The molecule has 1 unspecified atom stereocenters. The van der Waals surface area contributed by atoms with Gasteiger partial charge in [0.15, 0.2) is 11.0 Å². The number of rotatable bonds is 6. The van der Waals surface area contributed by atoms with Gasteiger partial charge in [0.05, 0.1) is 23.3 Å². The summed E-state index contributed by atoms with van der Waals surface area (Å²) in [6, 6.07) is 23.3. The second kappa shape index (κ2) is 9.15. The third-order valence-electron chi connectivity index (χ3n) is 5.57. The monoisotopic (exact) mass is 469 g/mol. The zero-order chi connectivity index (χ0) is 23.7. The lowest BCUT2D eigenvalue weighted by molar-refractivity contribution is 0.415. The van der Waals surface area contributed by atoms with Crippen molar-refractivity contribution in [3.05, 3.63) is 94.5 Å². The Bertz CT molecular complexity index is 1510. The number of aromatic nitrogens is 5. The lowest BCUT2D eigenvalue weighted by atomic mass is 10.2. The first kappa shape index (κ1) is 21.9. The van der Waals surface area contributed by atoms with Crippen molar-refractivity contribution in [3.63, 3.8) is 0 Å². The van der Waals surface area contributed by atoms with E-state index in [2.05, 4.69) is 51.4 Å². The van der Waals surface area contributed by atoms with Crippen LogP contribution in [0.15, 0.2) is 82.7 Å². The Labute approximate surface area is 200 Å². The molecular weight excluding hydrogens is 446 g/mol. The molecule has 7 nitrogen and oxygen atoms in total. The Morgan fingerprint density at radius 1 is 0.971 bits per heavy atom. The van der Waals surface area contributed by atoms with E-state index >= 15 is 0 Å². The van der Waals surface area contributed by atoms with Crippen molar-refractivity contribution in [2.24, 2.45) is 0 Å². The van der Waals surface area contributed by atoms with Crippen LogP contribution in [0.25, 0.3) is 28.0 Å². The van der Waals surface area contributed by atoms with Gasteiger partial charge in [-0.2, -0.15) is 0 Å². The number of hydrogen-bond donors (Lipinski definition) is 1. The van der Waals surface area contributed by atoms with Crippen molar-refractivity contribution in [2.75, 3.05) is 7.11 Å². The van der Waals surface area contributed by atoms with E-state index < -0.39 is 0 Å². The van der Waals surface area contributed by atoms with Gasteiger partial charge in [0.1, 0.15) is 11.6 Å². The summed E-state index contributed by atoms with van der Waals surface area (Å²) in [4.78, 5) is 20.2. The highest BCUT2D eigenvalue weighted by Gasteiger charge is 2.21. The summed E-state index contributed by atoms with van der Waals surface area (Å²) in [7, 11) is 1.64. The molecule has 170 valence electrons. The third-order valence-corrected chi connectivity index (χ3v) is 6.62. The number of ether oxygens (including phenoxy) is 1. The molecule has 34 heavy (non-hydrogen) atoms. The molecule has 5 rings (SSSR count). The number of nitrogens with one attached hydrogen (secondary N) is 1. The van der Waals surface area contributed by atoms with Gasteiger partial charge in [0, 0.05) is 11.3 Å². The standard InChI is InChI=1S/C26H23N5O2S/c1-16-8-12-19(13-9-16)31-24(18-10-14-20(33-3)15-11-18)29-30-26(31)34-17(2)23-27-22-7-5-4-6-21(22)25(32)28-23/h4-15,17H,1-3H3,(H,27,28,32). The second-order valence-electron chi connectivity index (χ2n) is 7.93. The lowest BCUT2D eigenvalue weighted by Crippen LogP contribution is -2.13. The molecular formula is C26H23N5O2S. The van der Waals surface area contributed by atoms with E-state index in [0.717, 1.165) is 22.8 Å². The van der Waals surface area contributed by atoms with Gasteiger partial charge >= 0.3 is 0 Å². The smallest absolute Gasteiger partial charge is 0.258 e. The van der Waals surface area contributed by atoms with E-state index in [1.165, 1.54) is 17.3 Å². The van der Waals surface area contributed by atoms with Crippen LogP contribution in [-0.2, 0) is 0 Å². The largest absolute Gasteiger partial charge is 0.497 e. The molecule has 0 saturated heterocycles. The van der Waals surface area contributed by atoms with Crippen LogP contribution in [0.2, 0.25) is 0 Å². The SMILES string of the molecule is COc1ccc(-c2nnc(SC(C)c3nc4ccccc4c(=O)[nH]3)n2-c2ccc(C)cc2)cc1. The maximum absolute atomic E-state index is 12.6. The maximum atomic E-state index is 12.6. The number of aryl methyl sites for hydroxylation is 1. The van der Waals surface area contributed by atoms with Crippen LogP contribution in [-0.4, -0.2) is 31.8 Å². The van der Waals surface area contributed by atoms with Crippen LogP contribution in [0, 0.1) is 6.92 Å². The molecule has 0 aliphatic carbocycles. The number of fused-ring (bicyclic) bond motifs is 1.